The molecule has 45 heavy (non-hydrogen) atoms. The van der Waals surface area contributed by atoms with Gasteiger partial charge in [-0.15, -0.1) is 0 Å². The number of nitrogens with zero attached hydrogens (tertiary/aromatic N) is 1. The van der Waals surface area contributed by atoms with Crippen molar-refractivity contribution in [3.63, 3.8) is 0 Å². The fourth-order valence-corrected chi connectivity index (χ4v) is 6.07. The highest BCUT2D eigenvalue weighted by Gasteiger charge is 2.36. The molecule has 0 aromatic rings. The molecule has 2 amide bonds. The summed E-state index contributed by atoms with van der Waals surface area (Å²) < 4.78 is 15.6. The molecule has 0 fully saturated rings. The second kappa shape index (κ2) is 30.1. The van der Waals surface area contributed by atoms with Crippen molar-refractivity contribution in [1.29, 1.82) is 0 Å². The van der Waals surface area contributed by atoms with Crippen molar-refractivity contribution in [3.8, 4) is 0 Å². The number of hydrogen-bond acceptors (Lipinski definition) is 5. The van der Waals surface area contributed by atoms with E-state index in [0.717, 1.165) is 51.4 Å². The topological polar surface area (TPSA) is 141 Å². The number of phosphoric ester groups is 1. The Kier molecular flexibility index (Phi) is 29.2. The Bertz CT molecular complexity index is 746. The predicted octanol–water partition coefficient (Wildman–Crippen LogP) is 9.87. The third kappa shape index (κ3) is 27.5. The Hall–Kier alpha value is -1.28. The van der Waals surface area contributed by atoms with Crippen molar-refractivity contribution < 1.29 is 38.4 Å². The fraction of sp³-hybridized carbons (Fsp3) is 0.914. The van der Waals surface area contributed by atoms with Crippen molar-refractivity contribution in [2.24, 2.45) is 0 Å². The molecule has 266 valence electrons. The molecule has 0 aliphatic heterocycles. The van der Waals surface area contributed by atoms with Crippen LogP contribution in [0.2, 0.25) is 0 Å². The minimum absolute atomic E-state index is 0.0157. The van der Waals surface area contributed by atoms with Crippen LogP contribution < -0.4 is 0 Å². The first-order valence-corrected chi connectivity index (χ1v) is 19.9. The van der Waals surface area contributed by atoms with Crippen molar-refractivity contribution in [3.05, 3.63) is 0 Å². The average Bonchev–Trinajstić information content (AvgIpc) is 2.99. The van der Waals surface area contributed by atoms with Gasteiger partial charge in [-0.2, -0.15) is 0 Å². The maximum atomic E-state index is 13.1. The third-order valence-electron chi connectivity index (χ3n) is 8.52. The molecule has 0 aromatic heterocycles. The van der Waals surface area contributed by atoms with Crippen LogP contribution in [0.4, 0.5) is 0 Å². The van der Waals surface area contributed by atoms with Gasteiger partial charge in [0.15, 0.2) is 6.04 Å². The molecule has 0 aromatic carbocycles. The number of carbonyl (C=O) groups excluding carboxylic acids is 2. The van der Waals surface area contributed by atoms with E-state index in [1.54, 1.807) is 0 Å². The number of rotatable bonds is 33. The summed E-state index contributed by atoms with van der Waals surface area (Å²) >= 11 is 0. The summed E-state index contributed by atoms with van der Waals surface area (Å²) in [5.74, 6) is -2.78. The monoisotopic (exact) mass is 661 g/mol. The minimum Gasteiger partial charge on any atom is -0.480 e. The van der Waals surface area contributed by atoms with Crippen LogP contribution in [0.5, 0.6) is 0 Å². The van der Waals surface area contributed by atoms with E-state index >= 15 is 0 Å². The first-order valence-electron chi connectivity index (χ1n) is 18.4. The summed E-state index contributed by atoms with van der Waals surface area (Å²) in [6, 6.07) is -1.78. The smallest absolute Gasteiger partial charge is 0.469 e. The highest BCUT2D eigenvalue weighted by molar-refractivity contribution is 7.46. The van der Waals surface area contributed by atoms with Gasteiger partial charge in [-0.05, 0) is 12.8 Å². The van der Waals surface area contributed by atoms with Crippen molar-refractivity contribution in [2.75, 3.05) is 6.61 Å². The summed E-state index contributed by atoms with van der Waals surface area (Å²) in [4.78, 5) is 57.0. The van der Waals surface area contributed by atoms with Gasteiger partial charge >= 0.3 is 13.8 Å². The van der Waals surface area contributed by atoms with Crippen LogP contribution in [0.1, 0.15) is 194 Å². The van der Waals surface area contributed by atoms with Gasteiger partial charge < -0.3 is 14.9 Å². The largest absolute Gasteiger partial charge is 0.480 e. The van der Waals surface area contributed by atoms with E-state index in [1.807, 2.05) is 0 Å². The molecule has 0 rings (SSSR count). The zero-order valence-electron chi connectivity index (χ0n) is 28.9. The molecule has 0 aliphatic carbocycles. The Morgan fingerprint density at radius 3 is 1.04 bits per heavy atom. The van der Waals surface area contributed by atoms with Gasteiger partial charge in [0.25, 0.3) is 0 Å². The lowest BCUT2D eigenvalue weighted by atomic mass is 10.0. The summed E-state index contributed by atoms with van der Waals surface area (Å²) in [7, 11) is -4.97. The van der Waals surface area contributed by atoms with E-state index < -0.39 is 38.3 Å². The number of amides is 2. The van der Waals surface area contributed by atoms with Gasteiger partial charge in [0.1, 0.15) is 0 Å². The van der Waals surface area contributed by atoms with Gasteiger partial charge in [-0.1, -0.05) is 168 Å². The van der Waals surface area contributed by atoms with E-state index in [2.05, 4.69) is 18.4 Å². The predicted molar refractivity (Wildman–Crippen MR) is 182 cm³/mol. The van der Waals surface area contributed by atoms with Crippen LogP contribution in [0.25, 0.3) is 0 Å². The van der Waals surface area contributed by atoms with Crippen LogP contribution in [-0.4, -0.2) is 50.2 Å². The molecule has 1 atom stereocenters. The van der Waals surface area contributed by atoms with E-state index in [-0.39, 0.29) is 12.8 Å². The molecule has 0 bridgehead atoms. The molecule has 0 spiro atoms. The number of carboxylic acids is 1. The third-order valence-corrected chi connectivity index (χ3v) is 9.01. The molecule has 0 radical (unpaired) electrons. The van der Waals surface area contributed by atoms with Crippen LogP contribution in [0.3, 0.4) is 0 Å². The summed E-state index contributed by atoms with van der Waals surface area (Å²) in [6.45, 7) is 3.50. The number of carbonyl (C=O) groups is 3. The molecule has 9 nitrogen and oxygen atoms in total. The zero-order chi connectivity index (χ0) is 33.6. The molecule has 0 aliphatic rings. The Morgan fingerprint density at radius 1 is 0.533 bits per heavy atom. The van der Waals surface area contributed by atoms with E-state index in [0.29, 0.717) is 17.7 Å². The van der Waals surface area contributed by atoms with Crippen LogP contribution >= 0.6 is 7.82 Å². The van der Waals surface area contributed by atoms with Gasteiger partial charge in [-0.3, -0.25) is 19.0 Å². The molecule has 0 saturated heterocycles. The summed E-state index contributed by atoms with van der Waals surface area (Å²) in [5.41, 5.74) is 0. The molecule has 0 heterocycles. The number of phosphoric acid groups is 1. The fourth-order valence-electron chi connectivity index (χ4n) is 5.74. The maximum Gasteiger partial charge on any atom is 0.469 e. The van der Waals surface area contributed by atoms with Crippen LogP contribution in [0, 0.1) is 0 Å². The Morgan fingerprint density at radius 2 is 0.800 bits per heavy atom. The quantitative estimate of drug-likeness (QED) is 0.0466. The molecule has 0 saturated carbocycles. The van der Waals surface area contributed by atoms with Crippen molar-refractivity contribution in [2.45, 2.75) is 200 Å². The summed E-state index contributed by atoms with van der Waals surface area (Å²) in [6.07, 6.45) is 29.8. The number of hydrogen-bond donors (Lipinski definition) is 3. The van der Waals surface area contributed by atoms with Gasteiger partial charge in [0.05, 0.1) is 6.61 Å². The van der Waals surface area contributed by atoms with E-state index in [9.17, 15) is 24.1 Å². The standard InChI is InChI=1S/C35H68NO8P/c1-3-5-7-9-11-13-15-17-19-21-23-25-27-29-33(37)36(32(35(39)40)31-44-45(41,42)43)34(38)30-28-26-24-22-20-18-16-14-12-10-8-6-4-2/h32H,3-31H2,1-2H3,(H,39,40)(H2,41,42,43)/t32-/m0/s1. The van der Waals surface area contributed by atoms with Gasteiger partial charge in [0.2, 0.25) is 11.8 Å². The number of unbranched alkanes of at least 4 members (excludes halogenated alkanes) is 24. The van der Waals surface area contributed by atoms with Crippen molar-refractivity contribution >= 4 is 25.6 Å². The lowest BCUT2D eigenvalue weighted by Gasteiger charge is -2.27. The number of aliphatic carboxylic acids is 1. The zero-order valence-corrected chi connectivity index (χ0v) is 29.8. The van der Waals surface area contributed by atoms with Gasteiger partial charge in [-0.25, -0.2) is 9.36 Å². The lowest BCUT2D eigenvalue weighted by Crippen LogP contribution is -2.50. The molecular weight excluding hydrogens is 593 g/mol. The van der Waals surface area contributed by atoms with E-state index in [1.165, 1.54) is 103 Å². The van der Waals surface area contributed by atoms with Gasteiger partial charge in [0, 0.05) is 12.8 Å². The molecular formula is C35H68NO8P. The van der Waals surface area contributed by atoms with Crippen LogP contribution in [0.15, 0.2) is 0 Å². The van der Waals surface area contributed by atoms with Crippen molar-refractivity contribution in [1.82, 2.24) is 4.90 Å². The molecule has 3 N–H and O–H groups in total. The molecule has 0 unspecified atom stereocenters. The summed E-state index contributed by atoms with van der Waals surface area (Å²) in [5, 5.41) is 9.73. The Labute approximate surface area is 274 Å². The normalized spacial score (nSPS) is 12.4. The second-order valence-corrected chi connectivity index (χ2v) is 14.0. The second-order valence-electron chi connectivity index (χ2n) is 12.8. The lowest BCUT2D eigenvalue weighted by molar-refractivity contribution is -0.159. The van der Waals surface area contributed by atoms with Crippen LogP contribution in [-0.2, 0) is 23.5 Å². The number of carboxylic acid groups (broad SMARTS) is 1. The minimum atomic E-state index is -4.97. The SMILES string of the molecule is CCCCCCCCCCCCCCCC(=O)N(C(=O)CCCCCCCCCCCCCCC)[C@@H](COP(=O)(O)O)C(=O)O. The average molecular weight is 662 g/mol. The van der Waals surface area contributed by atoms with E-state index in [4.69, 9.17) is 9.79 Å². The maximum absolute atomic E-state index is 13.1. The highest BCUT2D eigenvalue weighted by atomic mass is 31.2. The first-order chi connectivity index (χ1) is 21.6. The molecule has 10 heteroatoms. The Balaban J connectivity index is 4.50. The first kappa shape index (κ1) is 43.7. The number of imide groups is 1. The highest BCUT2D eigenvalue weighted by Crippen LogP contribution is 2.36.